The minimum Gasteiger partial charge on any atom is -0.382 e. The van der Waals surface area contributed by atoms with E-state index in [0.29, 0.717) is 11.2 Å². The zero-order valence-corrected chi connectivity index (χ0v) is 11.9. The first-order valence-electron chi connectivity index (χ1n) is 6.86. The molecule has 0 amide bonds. The maximum atomic E-state index is 13.4. The van der Waals surface area contributed by atoms with Crippen molar-refractivity contribution in [2.45, 2.75) is 44.9 Å². The Labute approximate surface area is 121 Å². The molecule has 110 valence electrons. The third-order valence-corrected chi connectivity index (χ3v) is 3.81. The molecule has 2 N–H and O–H groups in total. The predicted molar refractivity (Wildman–Crippen MR) is 75.5 cm³/mol. The van der Waals surface area contributed by atoms with E-state index >= 15 is 0 Å². The van der Waals surface area contributed by atoms with E-state index in [1.54, 1.807) is 17.8 Å². The van der Waals surface area contributed by atoms with Gasteiger partial charge in [-0.3, -0.25) is 4.57 Å². The number of hydrogen-bond acceptors (Lipinski definition) is 5. The van der Waals surface area contributed by atoms with Gasteiger partial charge in [-0.2, -0.15) is 14.4 Å². The van der Waals surface area contributed by atoms with Crippen molar-refractivity contribution in [1.29, 1.82) is 0 Å². The van der Waals surface area contributed by atoms with E-state index in [-0.39, 0.29) is 12.0 Å². The lowest BCUT2D eigenvalue weighted by Crippen LogP contribution is -2.25. The van der Waals surface area contributed by atoms with Crippen molar-refractivity contribution in [2.24, 2.45) is 0 Å². The van der Waals surface area contributed by atoms with Crippen molar-refractivity contribution in [3.8, 4) is 11.8 Å². The van der Waals surface area contributed by atoms with Crippen molar-refractivity contribution in [2.75, 3.05) is 5.73 Å². The average Bonchev–Trinajstić information content (AvgIpc) is 3.04. The fourth-order valence-electron chi connectivity index (χ4n) is 2.72. The molecule has 2 atom stereocenters. The SMILES string of the molecule is CC#C[C@@]1(CC)CC[C@H](n2cnc3c(N)nc(F)nc32)O1. The standard InChI is InChI=1S/C14H16FN5O/c1-3-6-14(4-2)7-5-9(21-14)20-8-17-10-11(16)18-13(15)19-12(10)20/h8-9H,4-5,7H2,1-2H3,(H2,16,18,19)/t9-,14+/m1/s1. The molecule has 0 aliphatic carbocycles. The smallest absolute Gasteiger partial charge is 0.312 e. The maximum absolute atomic E-state index is 13.4. The largest absolute Gasteiger partial charge is 0.382 e. The molecule has 1 aliphatic heterocycles. The Kier molecular flexibility index (Phi) is 3.26. The predicted octanol–water partition coefficient (Wildman–Crippen LogP) is 2.03. The molecule has 0 unspecified atom stereocenters. The summed E-state index contributed by atoms with van der Waals surface area (Å²) in [6.07, 6.45) is 2.80. The number of nitrogens with zero attached hydrogens (tertiary/aromatic N) is 4. The van der Waals surface area contributed by atoms with Gasteiger partial charge < -0.3 is 10.5 Å². The van der Waals surface area contributed by atoms with Gasteiger partial charge in [0.1, 0.15) is 11.8 Å². The summed E-state index contributed by atoms with van der Waals surface area (Å²) >= 11 is 0. The van der Waals surface area contributed by atoms with Gasteiger partial charge >= 0.3 is 6.08 Å². The van der Waals surface area contributed by atoms with E-state index < -0.39 is 11.7 Å². The van der Waals surface area contributed by atoms with E-state index in [9.17, 15) is 4.39 Å². The van der Waals surface area contributed by atoms with Crippen LogP contribution in [0.15, 0.2) is 6.33 Å². The molecule has 21 heavy (non-hydrogen) atoms. The highest BCUT2D eigenvalue weighted by Gasteiger charge is 2.38. The summed E-state index contributed by atoms with van der Waals surface area (Å²) in [5, 5.41) is 0. The molecule has 3 heterocycles. The van der Waals surface area contributed by atoms with Crippen molar-refractivity contribution in [3.05, 3.63) is 12.4 Å². The Hall–Kier alpha value is -2.20. The molecule has 2 aromatic rings. The molecule has 7 heteroatoms. The van der Waals surface area contributed by atoms with E-state index in [1.165, 1.54) is 0 Å². The number of rotatable bonds is 2. The van der Waals surface area contributed by atoms with Gasteiger partial charge in [-0.25, -0.2) is 4.98 Å². The summed E-state index contributed by atoms with van der Waals surface area (Å²) in [7, 11) is 0. The zero-order chi connectivity index (χ0) is 15.0. The number of halogens is 1. The summed E-state index contributed by atoms with van der Waals surface area (Å²) in [4.78, 5) is 11.4. The topological polar surface area (TPSA) is 78.9 Å². The van der Waals surface area contributed by atoms with Crippen LogP contribution >= 0.6 is 0 Å². The molecule has 0 aromatic carbocycles. The summed E-state index contributed by atoms with van der Waals surface area (Å²) in [6, 6.07) is 0. The number of aromatic nitrogens is 4. The van der Waals surface area contributed by atoms with Crippen molar-refractivity contribution in [1.82, 2.24) is 19.5 Å². The second-order valence-electron chi connectivity index (χ2n) is 5.04. The molecule has 1 aliphatic rings. The van der Waals surface area contributed by atoms with Gasteiger partial charge in [0.2, 0.25) is 0 Å². The highest BCUT2D eigenvalue weighted by atomic mass is 19.1. The van der Waals surface area contributed by atoms with Crippen LogP contribution in [-0.2, 0) is 4.74 Å². The van der Waals surface area contributed by atoms with Crippen LogP contribution in [0.5, 0.6) is 0 Å². The number of imidazole rings is 1. The normalized spacial score (nSPS) is 25.0. The first-order chi connectivity index (χ1) is 10.1. The van der Waals surface area contributed by atoms with Gasteiger partial charge in [0.05, 0.1) is 6.33 Å². The van der Waals surface area contributed by atoms with Crippen LogP contribution < -0.4 is 5.73 Å². The minimum atomic E-state index is -0.866. The highest BCUT2D eigenvalue weighted by Crippen LogP contribution is 2.39. The quantitative estimate of drug-likeness (QED) is 0.676. The number of nitrogen functional groups attached to an aromatic ring is 1. The molecule has 0 radical (unpaired) electrons. The fraction of sp³-hybridized carbons (Fsp3) is 0.500. The van der Waals surface area contributed by atoms with E-state index in [4.69, 9.17) is 10.5 Å². The summed E-state index contributed by atoms with van der Waals surface area (Å²) in [5.41, 5.74) is 5.95. The minimum absolute atomic E-state index is 0.0318. The van der Waals surface area contributed by atoms with Gasteiger partial charge in [-0.05, 0) is 26.2 Å². The van der Waals surface area contributed by atoms with Crippen molar-refractivity contribution < 1.29 is 9.13 Å². The van der Waals surface area contributed by atoms with Crippen LogP contribution in [0, 0.1) is 17.9 Å². The van der Waals surface area contributed by atoms with E-state index in [2.05, 4.69) is 26.8 Å². The van der Waals surface area contributed by atoms with E-state index in [0.717, 1.165) is 19.3 Å². The second-order valence-corrected chi connectivity index (χ2v) is 5.04. The lowest BCUT2D eigenvalue weighted by Gasteiger charge is -2.22. The zero-order valence-electron chi connectivity index (χ0n) is 11.9. The molecular formula is C14H16FN5O. The highest BCUT2D eigenvalue weighted by molar-refractivity contribution is 5.81. The van der Waals surface area contributed by atoms with Crippen molar-refractivity contribution in [3.63, 3.8) is 0 Å². The molecule has 1 fully saturated rings. The summed E-state index contributed by atoms with van der Waals surface area (Å²) in [6.45, 7) is 3.84. The molecule has 6 nitrogen and oxygen atoms in total. The summed E-state index contributed by atoms with van der Waals surface area (Å²) < 4.78 is 21.2. The molecule has 1 saturated heterocycles. The third-order valence-electron chi connectivity index (χ3n) is 3.81. The lowest BCUT2D eigenvalue weighted by molar-refractivity contribution is -0.0374. The van der Waals surface area contributed by atoms with Crippen LogP contribution in [0.4, 0.5) is 10.2 Å². The third kappa shape index (κ3) is 2.21. The van der Waals surface area contributed by atoms with Crippen LogP contribution in [0.2, 0.25) is 0 Å². The Bertz CT molecular complexity index is 747. The Balaban J connectivity index is 2.00. The molecule has 3 rings (SSSR count). The van der Waals surface area contributed by atoms with Crippen LogP contribution in [0.25, 0.3) is 11.2 Å². The molecule has 2 aromatic heterocycles. The number of ether oxygens (including phenoxy) is 1. The maximum Gasteiger partial charge on any atom is 0.312 e. The summed E-state index contributed by atoms with van der Waals surface area (Å²) in [5.74, 6) is 6.08. The average molecular weight is 289 g/mol. The Morgan fingerprint density at radius 1 is 1.57 bits per heavy atom. The fourth-order valence-corrected chi connectivity index (χ4v) is 2.72. The number of fused-ring (bicyclic) bond motifs is 1. The van der Waals surface area contributed by atoms with Gasteiger partial charge in [0.15, 0.2) is 17.0 Å². The number of hydrogen-bond donors (Lipinski definition) is 1. The van der Waals surface area contributed by atoms with E-state index in [1.807, 2.05) is 6.92 Å². The Morgan fingerprint density at radius 3 is 3.10 bits per heavy atom. The van der Waals surface area contributed by atoms with Gasteiger partial charge in [0, 0.05) is 0 Å². The van der Waals surface area contributed by atoms with Crippen LogP contribution in [0.3, 0.4) is 0 Å². The Morgan fingerprint density at radius 2 is 2.38 bits per heavy atom. The first-order valence-corrected chi connectivity index (χ1v) is 6.86. The monoisotopic (exact) mass is 289 g/mol. The number of nitrogens with two attached hydrogens (primary N) is 1. The lowest BCUT2D eigenvalue weighted by atomic mass is 9.98. The number of anilines is 1. The van der Waals surface area contributed by atoms with Gasteiger partial charge in [-0.1, -0.05) is 12.8 Å². The van der Waals surface area contributed by atoms with Crippen LogP contribution in [0.1, 0.15) is 39.3 Å². The molecule has 0 spiro atoms. The first kappa shape index (κ1) is 13.8. The van der Waals surface area contributed by atoms with Gasteiger partial charge in [-0.15, -0.1) is 5.92 Å². The molecule has 0 saturated carbocycles. The molecule has 0 bridgehead atoms. The second kappa shape index (κ2) is 4.97. The van der Waals surface area contributed by atoms with Crippen molar-refractivity contribution >= 4 is 17.0 Å². The molecular weight excluding hydrogens is 273 g/mol. The van der Waals surface area contributed by atoms with Crippen LogP contribution in [-0.4, -0.2) is 25.1 Å². The van der Waals surface area contributed by atoms with Gasteiger partial charge in [0.25, 0.3) is 0 Å².